The fourth-order valence-electron chi connectivity index (χ4n) is 1.74. The van der Waals surface area contributed by atoms with Gasteiger partial charge >= 0.3 is 0 Å². The minimum Gasteiger partial charge on any atom is -0.493 e. The molecule has 0 aliphatic heterocycles. The number of rotatable bonds is 11. The van der Waals surface area contributed by atoms with Gasteiger partial charge in [-0.15, -0.1) is 0 Å². The van der Waals surface area contributed by atoms with Crippen LogP contribution in [0.5, 0.6) is 11.5 Å². The van der Waals surface area contributed by atoms with Gasteiger partial charge in [-0.3, -0.25) is 0 Å². The normalized spacial score (nSPS) is 10.6. The smallest absolute Gasteiger partial charge is 0.127 e. The minimum atomic E-state index is 0.560. The number of hydrogen-bond acceptors (Lipinski definition) is 4. The standard InChI is InChI=1S/C16H27NO3/c1-4-9-19-15-8-7-14(13-17-5-2)16(12-15)20-11-10-18-6-3/h7-8,12,17H,4-6,9-11,13H2,1-3H3. The SMILES string of the molecule is CCCOc1ccc(CNCC)c(OCCOCC)c1. The molecule has 0 saturated heterocycles. The Morgan fingerprint density at radius 2 is 1.85 bits per heavy atom. The first-order valence-electron chi connectivity index (χ1n) is 7.48. The molecular formula is C16H27NO3. The zero-order chi connectivity index (χ0) is 14.6. The number of hydrogen-bond donors (Lipinski definition) is 1. The summed E-state index contributed by atoms with van der Waals surface area (Å²) in [6.07, 6.45) is 1.000. The summed E-state index contributed by atoms with van der Waals surface area (Å²) in [5, 5.41) is 3.32. The maximum absolute atomic E-state index is 5.81. The van der Waals surface area contributed by atoms with Crippen molar-refractivity contribution in [3.05, 3.63) is 23.8 Å². The van der Waals surface area contributed by atoms with Crippen LogP contribution in [-0.2, 0) is 11.3 Å². The second-order valence-electron chi connectivity index (χ2n) is 4.44. The molecule has 1 rings (SSSR count). The lowest BCUT2D eigenvalue weighted by Gasteiger charge is -2.14. The van der Waals surface area contributed by atoms with Crippen molar-refractivity contribution < 1.29 is 14.2 Å². The van der Waals surface area contributed by atoms with Crippen LogP contribution in [0.3, 0.4) is 0 Å². The van der Waals surface area contributed by atoms with Crippen LogP contribution >= 0.6 is 0 Å². The monoisotopic (exact) mass is 281 g/mol. The van der Waals surface area contributed by atoms with Gasteiger partial charge in [-0.05, 0) is 26.0 Å². The minimum absolute atomic E-state index is 0.560. The summed E-state index contributed by atoms with van der Waals surface area (Å²) in [4.78, 5) is 0. The first-order chi connectivity index (χ1) is 9.81. The van der Waals surface area contributed by atoms with Crippen molar-refractivity contribution in [1.82, 2.24) is 5.32 Å². The Labute approximate surface area is 122 Å². The molecule has 4 heteroatoms. The van der Waals surface area contributed by atoms with Crippen molar-refractivity contribution in [2.45, 2.75) is 33.7 Å². The Morgan fingerprint density at radius 3 is 2.55 bits per heavy atom. The first kappa shape index (κ1) is 16.8. The van der Waals surface area contributed by atoms with Crippen LogP contribution in [0, 0.1) is 0 Å². The maximum atomic E-state index is 5.81. The molecule has 4 nitrogen and oxygen atoms in total. The summed E-state index contributed by atoms with van der Waals surface area (Å²) in [6, 6.07) is 6.02. The molecule has 0 atom stereocenters. The molecular weight excluding hydrogens is 254 g/mol. The van der Waals surface area contributed by atoms with Crippen molar-refractivity contribution in [1.29, 1.82) is 0 Å². The third-order valence-electron chi connectivity index (χ3n) is 2.77. The third kappa shape index (κ3) is 6.26. The molecule has 0 aromatic heterocycles. The van der Waals surface area contributed by atoms with Gasteiger partial charge in [0.1, 0.15) is 18.1 Å². The van der Waals surface area contributed by atoms with Gasteiger partial charge in [-0.1, -0.05) is 19.9 Å². The van der Waals surface area contributed by atoms with Crippen LogP contribution in [0.1, 0.15) is 32.8 Å². The summed E-state index contributed by atoms with van der Waals surface area (Å²) >= 11 is 0. The van der Waals surface area contributed by atoms with Crippen molar-refractivity contribution in [2.24, 2.45) is 0 Å². The van der Waals surface area contributed by atoms with Crippen LogP contribution in [0.4, 0.5) is 0 Å². The van der Waals surface area contributed by atoms with E-state index in [9.17, 15) is 0 Å². The van der Waals surface area contributed by atoms with Crippen LogP contribution in [0.2, 0.25) is 0 Å². The average molecular weight is 281 g/mol. The molecule has 0 unspecified atom stereocenters. The molecule has 0 fully saturated rings. The van der Waals surface area contributed by atoms with Crippen molar-refractivity contribution in [3.8, 4) is 11.5 Å². The molecule has 0 radical (unpaired) electrons. The lowest BCUT2D eigenvalue weighted by molar-refractivity contribution is 0.109. The third-order valence-corrected chi connectivity index (χ3v) is 2.77. The fourth-order valence-corrected chi connectivity index (χ4v) is 1.74. The maximum Gasteiger partial charge on any atom is 0.127 e. The van der Waals surface area contributed by atoms with Crippen LogP contribution in [0.15, 0.2) is 18.2 Å². The topological polar surface area (TPSA) is 39.7 Å². The van der Waals surface area contributed by atoms with Gasteiger partial charge in [0, 0.05) is 24.8 Å². The van der Waals surface area contributed by atoms with E-state index in [-0.39, 0.29) is 0 Å². The predicted octanol–water partition coefficient (Wildman–Crippen LogP) is 3.00. The van der Waals surface area contributed by atoms with Gasteiger partial charge in [-0.25, -0.2) is 0 Å². The molecule has 1 N–H and O–H groups in total. The lowest BCUT2D eigenvalue weighted by atomic mass is 10.2. The van der Waals surface area contributed by atoms with Gasteiger partial charge in [0.05, 0.1) is 13.2 Å². The second-order valence-corrected chi connectivity index (χ2v) is 4.44. The van der Waals surface area contributed by atoms with E-state index in [1.54, 1.807) is 0 Å². The highest BCUT2D eigenvalue weighted by Gasteiger charge is 2.06. The highest BCUT2D eigenvalue weighted by atomic mass is 16.5. The zero-order valence-corrected chi connectivity index (χ0v) is 12.9. The summed E-state index contributed by atoms with van der Waals surface area (Å²) in [7, 11) is 0. The van der Waals surface area contributed by atoms with Gasteiger partial charge in [0.25, 0.3) is 0 Å². The average Bonchev–Trinajstić information content (AvgIpc) is 2.48. The number of ether oxygens (including phenoxy) is 3. The van der Waals surface area contributed by atoms with E-state index in [4.69, 9.17) is 14.2 Å². The Morgan fingerprint density at radius 1 is 1.00 bits per heavy atom. The molecule has 114 valence electrons. The van der Waals surface area contributed by atoms with Gasteiger partial charge in [0.2, 0.25) is 0 Å². The Balaban J connectivity index is 2.66. The predicted molar refractivity (Wildman–Crippen MR) is 81.6 cm³/mol. The molecule has 0 aliphatic carbocycles. The molecule has 0 bridgehead atoms. The molecule has 0 saturated carbocycles. The zero-order valence-electron chi connectivity index (χ0n) is 12.9. The summed E-state index contributed by atoms with van der Waals surface area (Å²) < 4.78 is 16.8. The fraction of sp³-hybridized carbons (Fsp3) is 0.625. The molecule has 1 aromatic rings. The van der Waals surface area contributed by atoms with Gasteiger partial charge in [-0.2, -0.15) is 0 Å². The molecule has 1 aromatic carbocycles. The molecule has 0 amide bonds. The molecule has 0 spiro atoms. The summed E-state index contributed by atoms with van der Waals surface area (Å²) in [5.74, 6) is 1.73. The molecule has 20 heavy (non-hydrogen) atoms. The lowest BCUT2D eigenvalue weighted by Crippen LogP contribution is -2.14. The highest BCUT2D eigenvalue weighted by Crippen LogP contribution is 2.25. The molecule has 0 heterocycles. The summed E-state index contributed by atoms with van der Waals surface area (Å²) in [6.45, 7) is 10.5. The molecule has 0 aliphatic rings. The number of benzene rings is 1. The second kappa shape index (κ2) is 10.5. The van der Waals surface area contributed by atoms with E-state index in [2.05, 4.69) is 25.2 Å². The van der Waals surface area contributed by atoms with Crippen molar-refractivity contribution in [2.75, 3.05) is 33.0 Å². The Hall–Kier alpha value is -1.26. The quantitative estimate of drug-likeness (QED) is 0.633. The van der Waals surface area contributed by atoms with Crippen molar-refractivity contribution in [3.63, 3.8) is 0 Å². The first-order valence-corrected chi connectivity index (χ1v) is 7.48. The van der Waals surface area contributed by atoms with Crippen LogP contribution < -0.4 is 14.8 Å². The van der Waals surface area contributed by atoms with E-state index in [0.717, 1.165) is 43.2 Å². The van der Waals surface area contributed by atoms with E-state index in [1.165, 1.54) is 0 Å². The van der Waals surface area contributed by atoms with E-state index in [0.29, 0.717) is 19.8 Å². The highest BCUT2D eigenvalue weighted by molar-refractivity contribution is 5.40. The van der Waals surface area contributed by atoms with E-state index >= 15 is 0 Å². The number of nitrogens with one attached hydrogen (secondary N) is 1. The Bertz CT molecular complexity index is 369. The van der Waals surface area contributed by atoms with Crippen LogP contribution in [0.25, 0.3) is 0 Å². The largest absolute Gasteiger partial charge is 0.493 e. The van der Waals surface area contributed by atoms with Crippen molar-refractivity contribution >= 4 is 0 Å². The van der Waals surface area contributed by atoms with Gasteiger partial charge < -0.3 is 19.5 Å². The van der Waals surface area contributed by atoms with Crippen LogP contribution in [-0.4, -0.2) is 33.0 Å². The van der Waals surface area contributed by atoms with Gasteiger partial charge in [0.15, 0.2) is 0 Å². The van der Waals surface area contributed by atoms with E-state index in [1.807, 2.05) is 19.1 Å². The van der Waals surface area contributed by atoms with E-state index < -0.39 is 0 Å². The summed E-state index contributed by atoms with van der Waals surface area (Å²) in [5.41, 5.74) is 1.15. The Kier molecular flexibility index (Phi) is 8.83.